The zero-order valence-corrected chi connectivity index (χ0v) is 22.8. The molecule has 5 nitrogen and oxygen atoms in total. The number of alkyl halides is 4. The Labute approximate surface area is 224 Å². The maximum atomic E-state index is 13.4. The summed E-state index contributed by atoms with van der Waals surface area (Å²) in [6.07, 6.45) is -3.21. The van der Waals surface area contributed by atoms with Gasteiger partial charge in [0.2, 0.25) is 0 Å². The Hall–Kier alpha value is -3.14. The van der Waals surface area contributed by atoms with Gasteiger partial charge in [-0.2, -0.15) is 13.2 Å². The molecule has 0 aliphatic carbocycles. The first-order chi connectivity index (χ1) is 17.7. The van der Waals surface area contributed by atoms with Crippen molar-refractivity contribution in [3.8, 4) is 11.3 Å². The van der Waals surface area contributed by atoms with Crippen LogP contribution in [0, 0.1) is 0 Å². The first kappa shape index (κ1) is 29.4. The number of ether oxygens (including phenoxy) is 1. The number of rotatable bonds is 9. The van der Waals surface area contributed by atoms with Crippen molar-refractivity contribution in [1.82, 2.24) is 9.97 Å². The van der Waals surface area contributed by atoms with Gasteiger partial charge in [0.05, 0.1) is 11.3 Å². The van der Waals surface area contributed by atoms with Crippen LogP contribution in [0.4, 0.5) is 23.4 Å². The van der Waals surface area contributed by atoms with Gasteiger partial charge >= 0.3 is 12.1 Å². The van der Waals surface area contributed by atoms with Gasteiger partial charge in [0.15, 0.2) is 0 Å². The highest BCUT2D eigenvalue weighted by molar-refractivity contribution is 8.01. The van der Waals surface area contributed by atoms with Gasteiger partial charge in [0.1, 0.15) is 29.2 Å². The monoisotopic (exact) mass is 549 g/mol. The minimum atomic E-state index is -4.47. The summed E-state index contributed by atoms with van der Waals surface area (Å²) >= 11 is 1.38. The fraction of sp³-hybridized carbons (Fsp3) is 0.393. The Morgan fingerprint density at radius 1 is 0.974 bits per heavy atom. The van der Waals surface area contributed by atoms with E-state index in [1.165, 1.54) is 30.2 Å². The second-order valence-corrected chi connectivity index (χ2v) is 11.9. The van der Waals surface area contributed by atoms with E-state index in [0.29, 0.717) is 18.1 Å². The molecule has 0 unspecified atom stereocenters. The van der Waals surface area contributed by atoms with Gasteiger partial charge in [0, 0.05) is 29.6 Å². The van der Waals surface area contributed by atoms with Gasteiger partial charge in [-0.1, -0.05) is 24.3 Å². The van der Waals surface area contributed by atoms with Crippen LogP contribution in [0.1, 0.15) is 45.7 Å². The van der Waals surface area contributed by atoms with E-state index >= 15 is 0 Å². The Bertz CT molecular complexity index is 1240. The lowest BCUT2D eigenvalue weighted by atomic mass is 10.1. The molecule has 0 atom stereocenters. The summed E-state index contributed by atoms with van der Waals surface area (Å²) in [5, 5.41) is 0. The maximum absolute atomic E-state index is 13.4. The molecule has 3 aromatic rings. The lowest BCUT2D eigenvalue weighted by molar-refractivity contribution is -0.156. The summed E-state index contributed by atoms with van der Waals surface area (Å²) in [6, 6.07) is 14.0. The van der Waals surface area contributed by atoms with Crippen molar-refractivity contribution in [2.45, 2.75) is 62.6 Å². The van der Waals surface area contributed by atoms with E-state index < -0.39 is 28.8 Å². The maximum Gasteiger partial charge on any atom is 0.416 e. The third-order valence-electron chi connectivity index (χ3n) is 5.38. The van der Waals surface area contributed by atoms with Crippen LogP contribution in [0.25, 0.3) is 11.3 Å². The van der Waals surface area contributed by atoms with E-state index in [0.717, 1.165) is 22.6 Å². The Balaban J connectivity index is 1.77. The van der Waals surface area contributed by atoms with Crippen molar-refractivity contribution in [2.24, 2.45) is 0 Å². The number of hydrogen-bond acceptors (Lipinski definition) is 6. The second kappa shape index (κ2) is 11.7. The van der Waals surface area contributed by atoms with E-state index in [4.69, 9.17) is 4.74 Å². The molecular weight excluding hydrogens is 518 g/mol. The predicted molar refractivity (Wildman–Crippen MR) is 142 cm³/mol. The highest BCUT2D eigenvalue weighted by atomic mass is 32.2. The van der Waals surface area contributed by atoms with Gasteiger partial charge in [-0.3, -0.25) is 4.79 Å². The first-order valence-corrected chi connectivity index (χ1v) is 12.8. The predicted octanol–water partition coefficient (Wildman–Crippen LogP) is 7.35. The minimum Gasteiger partial charge on any atom is -0.459 e. The molecule has 0 saturated heterocycles. The summed E-state index contributed by atoms with van der Waals surface area (Å²) in [4.78, 5) is 23.5. The average molecular weight is 550 g/mol. The Kier molecular flexibility index (Phi) is 9.07. The van der Waals surface area contributed by atoms with E-state index in [-0.39, 0.29) is 18.1 Å². The van der Waals surface area contributed by atoms with Crippen LogP contribution in [-0.4, -0.2) is 39.5 Å². The molecule has 0 spiro atoms. The lowest BCUT2D eigenvalue weighted by Gasteiger charge is -2.28. The minimum absolute atomic E-state index is 0.0429. The van der Waals surface area contributed by atoms with E-state index in [1.807, 2.05) is 45.0 Å². The number of thioether (sulfide) groups is 1. The molecule has 1 aromatic heterocycles. The van der Waals surface area contributed by atoms with Gasteiger partial charge < -0.3 is 9.64 Å². The molecule has 0 bridgehead atoms. The molecule has 3 rings (SSSR count). The summed E-state index contributed by atoms with van der Waals surface area (Å²) in [7, 11) is 0. The quantitative estimate of drug-likeness (QED) is 0.158. The zero-order valence-electron chi connectivity index (χ0n) is 22.0. The van der Waals surface area contributed by atoms with E-state index in [1.54, 1.807) is 24.8 Å². The molecule has 0 fully saturated rings. The van der Waals surface area contributed by atoms with Crippen molar-refractivity contribution in [1.29, 1.82) is 0 Å². The number of halogens is 4. The van der Waals surface area contributed by atoms with Crippen LogP contribution in [0.5, 0.6) is 0 Å². The van der Waals surface area contributed by atoms with Crippen molar-refractivity contribution < 1.29 is 27.1 Å². The van der Waals surface area contributed by atoms with Crippen LogP contribution in [0.15, 0.2) is 65.8 Å². The van der Waals surface area contributed by atoms with Gasteiger partial charge in [-0.05, 0) is 64.4 Å². The van der Waals surface area contributed by atoms with Gasteiger partial charge in [0.25, 0.3) is 0 Å². The molecule has 0 amide bonds. The normalized spacial score (nSPS) is 12.3. The number of benzene rings is 2. The smallest absolute Gasteiger partial charge is 0.416 e. The number of nitrogens with zero attached hydrogens (tertiary/aromatic N) is 3. The fourth-order valence-electron chi connectivity index (χ4n) is 3.53. The zero-order chi connectivity index (χ0) is 28.1. The SMILES string of the molecule is CC(C)(C)OC(=O)C(C)(C)Sc1ccc(CN(CCF)c2cc(-c3cccc(C(F)(F)F)c3)ncn2)cc1. The van der Waals surface area contributed by atoms with Gasteiger partial charge in [-0.15, -0.1) is 11.8 Å². The third kappa shape index (κ3) is 8.18. The number of esters is 1. The second-order valence-electron chi connectivity index (χ2n) is 10.2. The summed E-state index contributed by atoms with van der Waals surface area (Å²) in [6.45, 7) is 8.81. The van der Waals surface area contributed by atoms with E-state index in [2.05, 4.69) is 9.97 Å². The molecule has 10 heteroatoms. The summed E-state index contributed by atoms with van der Waals surface area (Å²) in [5.41, 5.74) is 0.111. The van der Waals surface area contributed by atoms with Crippen LogP contribution in [-0.2, 0) is 22.3 Å². The number of hydrogen-bond donors (Lipinski definition) is 0. The van der Waals surface area contributed by atoms with Gasteiger partial charge in [-0.25, -0.2) is 14.4 Å². The first-order valence-electron chi connectivity index (χ1n) is 12.0. The topological polar surface area (TPSA) is 55.3 Å². The lowest BCUT2D eigenvalue weighted by Crippen LogP contribution is -2.36. The standard InChI is InChI=1S/C28H31F4N3O2S/c1-26(2,3)37-25(36)27(4,5)38-22-11-9-19(10-12-22)17-35(14-13-29)24-16-23(33-18-34-24)20-7-6-8-21(15-20)28(30,31)32/h6-12,15-16,18H,13-14,17H2,1-5H3. The summed E-state index contributed by atoms with van der Waals surface area (Å²) in [5.74, 6) is 0.0862. The fourth-order valence-corrected chi connectivity index (χ4v) is 4.52. The number of anilines is 1. The van der Waals surface area contributed by atoms with Crippen molar-refractivity contribution >= 4 is 23.5 Å². The highest BCUT2D eigenvalue weighted by Gasteiger charge is 2.34. The van der Waals surface area contributed by atoms with Crippen molar-refractivity contribution in [3.05, 3.63) is 72.1 Å². The van der Waals surface area contributed by atoms with E-state index in [9.17, 15) is 22.4 Å². The third-order valence-corrected chi connectivity index (χ3v) is 6.56. The van der Waals surface area contributed by atoms with Crippen LogP contribution < -0.4 is 4.90 Å². The van der Waals surface area contributed by atoms with Crippen molar-refractivity contribution in [2.75, 3.05) is 18.1 Å². The molecule has 0 aliphatic heterocycles. The number of aromatic nitrogens is 2. The Morgan fingerprint density at radius 2 is 1.66 bits per heavy atom. The van der Waals surface area contributed by atoms with Crippen LogP contribution >= 0.6 is 11.8 Å². The molecule has 1 heterocycles. The molecule has 0 N–H and O–H groups in total. The number of carbonyl (C=O) groups excluding carboxylic acids is 1. The largest absolute Gasteiger partial charge is 0.459 e. The number of carbonyl (C=O) groups is 1. The Morgan fingerprint density at radius 3 is 2.26 bits per heavy atom. The molecule has 38 heavy (non-hydrogen) atoms. The molecule has 204 valence electrons. The molecule has 0 saturated carbocycles. The van der Waals surface area contributed by atoms with Crippen LogP contribution in [0.2, 0.25) is 0 Å². The summed E-state index contributed by atoms with van der Waals surface area (Å²) < 4.78 is 57.6. The molecule has 2 aromatic carbocycles. The average Bonchev–Trinajstić information content (AvgIpc) is 2.83. The molecule has 0 radical (unpaired) electrons. The highest BCUT2D eigenvalue weighted by Crippen LogP contribution is 2.35. The van der Waals surface area contributed by atoms with Crippen molar-refractivity contribution in [3.63, 3.8) is 0 Å². The molecule has 0 aliphatic rings. The molecular formula is C28H31F4N3O2S. The van der Waals surface area contributed by atoms with Crippen LogP contribution in [0.3, 0.4) is 0 Å².